The van der Waals surface area contributed by atoms with Crippen molar-refractivity contribution in [2.75, 3.05) is 0 Å². The third-order valence-corrected chi connectivity index (χ3v) is 2.71. The van der Waals surface area contributed by atoms with Gasteiger partial charge in [0.15, 0.2) is 10.6 Å². The van der Waals surface area contributed by atoms with E-state index >= 15 is 0 Å². The summed E-state index contributed by atoms with van der Waals surface area (Å²) in [6, 6.07) is 3.05. The molecule has 0 aromatic carbocycles. The van der Waals surface area contributed by atoms with E-state index in [-0.39, 0.29) is 5.56 Å². The number of unbranched alkanes of at least 4 members (excludes halogenated alkanes) is 1. The first-order chi connectivity index (χ1) is 8.22. The fourth-order valence-electron chi connectivity index (χ4n) is 1.51. The van der Waals surface area contributed by atoms with E-state index in [4.69, 9.17) is 12.2 Å². The lowest BCUT2D eigenvalue weighted by Crippen LogP contribution is -2.08. The van der Waals surface area contributed by atoms with Gasteiger partial charge < -0.3 is 0 Å². The van der Waals surface area contributed by atoms with Crippen molar-refractivity contribution >= 4 is 12.2 Å². The molecule has 0 atom stereocenters. The summed E-state index contributed by atoms with van der Waals surface area (Å²) < 4.78 is 2.46. The molecule has 0 saturated carbocycles. The van der Waals surface area contributed by atoms with Gasteiger partial charge in [-0.15, -0.1) is 0 Å². The maximum atomic E-state index is 10.9. The summed E-state index contributed by atoms with van der Waals surface area (Å²) in [5.41, 5.74) is 0.371. The summed E-state index contributed by atoms with van der Waals surface area (Å²) in [6.07, 6.45) is 2.09. The highest BCUT2D eigenvalue weighted by atomic mass is 32.1. The molecular formula is C10H13N5OS. The van der Waals surface area contributed by atoms with E-state index in [1.807, 2.05) is 4.57 Å². The van der Waals surface area contributed by atoms with Crippen LogP contribution in [0, 0.1) is 4.77 Å². The molecule has 0 unspecified atom stereocenters. The van der Waals surface area contributed by atoms with Gasteiger partial charge in [-0.3, -0.25) is 14.5 Å². The predicted molar refractivity (Wildman–Crippen MR) is 66.2 cm³/mol. The fourth-order valence-corrected chi connectivity index (χ4v) is 1.73. The van der Waals surface area contributed by atoms with Crippen LogP contribution in [0.25, 0.3) is 11.5 Å². The minimum atomic E-state index is -0.233. The van der Waals surface area contributed by atoms with Gasteiger partial charge in [0, 0.05) is 12.6 Å². The summed E-state index contributed by atoms with van der Waals surface area (Å²) in [4.78, 5) is 10.9. The highest BCUT2D eigenvalue weighted by Crippen LogP contribution is 2.13. The van der Waals surface area contributed by atoms with Gasteiger partial charge in [-0.25, -0.2) is 5.10 Å². The fraction of sp³-hybridized carbons (Fsp3) is 0.400. The van der Waals surface area contributed by atoms with Crippen LogP contribution in [0.5, 0.6) is 0 Å². The summed E-state index contributed by atoms with van der Waals surface area (Å²) in [5.74, 6) is 0.653. The summed E-state index contributed by atoms with van der Waals surface area (Å²) in [5, 5.41) is 13.2. The molecule has 90 valence electrons. The van der Waals surface area contributed by atoms with E-state index in [0.29, 0.717) is 16.3 Å². The van der Waals surface area contributed by atoms with E-state index in [0.717, 1.165) is 19.4 Å². The van der Waals surface area contributed by atoms with Crippen molar-refractivity contribution in [1.29, 1.82) is 0 Å². The molecule has 0 bridgehead atoms. The smallest absolute Gasteiger partial charge is 0.264 e. The molecule has 6 nitrogen and oxygen atoms in total. The summed E-state index contributed by atoms with van der Waals surface area (Å²) in [7, 11) is 0. The van der Waals surface area contributed by atoms with Crippen molar-refractivity contribution in [1.82, 2.24) is 25.0 Å². The largest absolute Gasteiger partial charge is 0.299 e. The first-order valence-corrected chi connectivity index (χ1v) is 5.84. The van der Waals surface area contributed by atoms with E-state index < -0.39 is 0 Å². The zero-order valence-corrected chi connectivity index (χ0v) is 10.3. The molecule has 0 aliphatic rings. The number of hydrogen-bond acceptors (Lipinski definition) is 4. The Morgan fingerprint density at radius 1 is 1.35 bits per heavy atom. The zero-order chi connectivity index (χ0) is 12.3. The lowest BCUT2D eigenvalue weighted by Gasteiger charge is -2.04. The average molecular weight is 251 g/mol. The van der Waals surface area contributed by atoms with E-state index in [1.54, 1.807) is 6.07 Å². The van der Waals surface area contributed by atoms with Crippen LogP contribution in [0.1, 0.15) is 19.8 Å². The van der Waals surface area contributed by atoms with Crippen molar-refractivity contribution in [3.63, 3.8) is 0 Å². The van der Waals surface area contributed by atoms with Crippen LogP contribution >= 0.6 is 12.2 Å². The molecule has 7 heteroatoms. The average Bonchev–Trinajstić information content (AvgIpc) is 2.69. The molecule has 2 aromatic rings. The maximum Gasteiger partial charge on any atom is 0.264 e. The number of nitrogens with one attached hydrogen (secondary N) is 2. The quantitative estimate of drug-likeness (QED) is 0.807. The Labute approximate surface area is 103 Å². The number of hydrogen-bond donors (Lipinski definition) is 2. The van der Waals surface area contributed by atoms with Gasteiger partial charge in [0.1, 0.15) is 5.69 Å². The Hall–Kier alpha value is -1.76. The number of nitrogens with zero attached hydrogens (tertiary/aromatic N) is 3. The van der Waals surface area contributed by atoms with Crippen LogP contribution in [0.2, 0.25) is 0 Å². The molecule has 0 spiro atoms. The standard InChI is InChI=1S/C10H13N5OS/c1-2-3-6-15-9(13-14-10(15)17)7-4-5-8(16)12-11-7/h4-5H,2-3,6H2,1H3,(H,12,16)(H,14,17). The van der Waals surface area contributed by atoms with Crippen molar-refractivity contribution in [3.8, 4) is 11.5 Å². The molecule has 0 fully saturated rings. The zero-order valence-electron chi connectivity index (χ0n) is 9.43. The second kappa shape index (κ2) is 5.05. The number of rotatable bonds is 4. The Bertz CT molecular complexity index is 591. The normalized spacial score (nSPS) is 10.6. The highest BCUT2D eigenvalue weighted by molar-refractivity contribution is 7.71. The minimum Gasteiger partial charge on any atom is -0.299 e. The van der Waals surface area contributed by atoms with Crippen LogP contribution < -0.4 is 5.56 Å². The second-order valence-electron chi connectivity index (χ2n) is 3.66. The van der Waals surface area contributed by atoms with Crippen LogP contribution in [-0.4, -0.2) is 25.0 Å². The number of H-pyrrole nitrogens is 2. The van der Waals surface area contributed by atoms with Crippen molar-refractivity contribution in [2.24, 2.45) is 0 Å². The van der Waals surface area contributed by atoms with Crippen LogP contribution in [0.15, 0.2) is 16.9 Å². The third-order valence-electron chi connectivity index (χ3n) is 2.40. The Morgan fingerprint density at radius 3 is 2.82 bits per heavy atom. The van der Waals surface area contributed by atoms with Crippen molar-refractivity contribution in [3.05, 3.63) is 27.3 Å². The maximum absolute atomic E-state index is 10.9. The van der Waals surface area contributed by atoms with Crippen LogP contribution in [-0.2, 0) is 6.54 Å². The predicted octanol–water partition coefficient (Wildman–Crippen LogP) is 1.49. The van der Waals surface area contributed by atoms with Crippen LogP contribution in [0.4, 0.5) is 0 Å². The molecule has 17 heavy (non-hydrogen) atoms. The lowest BCUT2D eigenvalue weighted by molar-refractivity contribution is 0.627. The minimum absolute atomic E-state index is 0.233. The number of aromatic nitrogens is 5. The Kier molecular flexibility index (Phi) is 3.48. The molecule has 0 aliphatic carbocycles. The molecule has 0 aliphatic heterocycles. The van der Waals surface area contributed by atoms with Gasteiger partial charge in [-0.1, -0.05) is 13.3 Å². The molecule has 2 heterocycles. The molecule has 2 N–H and O–H groups in total. The van der Waals surface area contributed by atoms with Crippen molar-refractivity contribution < 1.29 is 0 Å². The van der Waals surface area contributed by atoms with Gasteiger partial charge in [0.25, 0.3) is 5.56 Å². The van der Waals surface area contributed by atoms with E-state index in [9.17, 15) is 4.79 Å². The van der Waals surface area contributed by atoms with E-state index in [1.165, 1.54) is 6.07 Å². The molecule has 0 amide bonds. The monoisotopic (exact) mass is 251 g/mol. The topological polar surface area (TPSA) is 79.4 Å². The van der Waals surface area contributed by atoms with Gasteiger partial charge in [-0.2, -0.15) is 10.2 Å². The van der Waals surface area contributed by atoms with Gasteiger partial charge in [-0.05, 0) is 24.7 Å². The molecule has 0 radical (unpaired) electrons. The Morgan fingerprint density at radius 2 is 2.18 bits per heavy atom. The van der Waals surface area contributed by atoms with E-state index in [2.05, 4.69) is 27.3 Å². The summed E-state index contributed by atoms with van der Waals surface area (Å²) in [6.45, 7) is 2.91. The van der Waals surface area contributed by atoms with Crippen molar-refractivity contribution in [2.45, 2.75) is 26.3 Å². The summed E-state index contributed by atoms with van der Waals surface area (Å²) >= 11 is 5.16. The Balaban J connectivity index is 2.41. The number of aromatic amines is 2. The van der Waals surface area contributed by atoms with Crippen LogP contribution in [0.3, 0.4) is 0 Å². The van der Waals surface area contributed by atoms with Gasteiger partial charge >= 0.3 is 0 Å². The molecule has 2 rings (SSSR count). The molecular weight excluding hydrogens is 238 g/mol. The highest BCUT2D eigenvalue weighted by Gasteiger charge is 2.09. The third kappa shape index (κ3) is 2.50. The van der Waals surface area contributed by atoms with Gasteiger partial charge in [0.05, 0.1) is 0 Å². The second-order valence-corrected chi connectivity index (χ2v) is 4.05. The lowest BCUT2D eigenvalue weighted by atomic mass is 10.3. The SMILES string of the molecule is CCCCn1c(-c2ccc(=O)[nH]n2)n[nH]c1=S. The first kappa shape index (κ1) is 11.7. The first-order valence-electron chi connectivity index (χ1n) is 5.43. The van der Waals surface area contributed by atoms with Gasteiger partial charge in [0.2, 0.25) is 0 Å². The molecule has 0 saturated heterocycles. The molecule has 2 aromatic heterocycles.